The predicted octanol–water partition coefficient (Wildman–Crippen LogP) is 2.30. The molecule has 0 unspecified atom stereocenters. The number of benzene rings is 1. The van der Waals surface area contributed by atoms with Crippen molar-refractivity contribution in [2.45, 2.75) is 26.3 Å². The molecule has 0 aliphatic heterocycles. The van der Waals surface area contributed by atoms with E-state index < -0.39 is 5.97 Å². The highest BCUT2D eigenvalue weighted by atomic mass is 19.1. The van der Waals surface area contributed by atoms with E-state index in [-0.39, 0.29) is 23.9 Å². The molecule has 0 spiro atoms. The molecule has 0 radical (unpaired) electrons. The minimum Gasteiger partial charge on any atom is -0.452 e. The lowest BCUT2D eigenvalue weighted by Gasteiger charge is -2.20. The molecule has 0 saturated carbocycles. The molecule has 0 saturated heterocycles. The number of rotatable bonds is 4. The highest BCUT2D eigenvalue weighted by Crippen LogP contribution is 2.05. The van der Waals surface area contributed by atoms with E-state index in [2.05, 4.69) is 5.32 Å². The molecule has 1 aromatic rings. The third-order valence-electron chi connectivity index (χ3n) is 2.12. The van der Waals surface area contributed by atoms with Crippen molar-refractivity contribution in [3.63, 3.8) is 0 Å². The molecule has 1 amide bonds. The Bertz CT molecular complexity index is 518. The lowest BCUT2D eigenvalue weighted by atomic mass is 10.1. The Hall–Kier alpha value is -2.17. The Morgan fingerprint density at radius 1 is 1.35 bits per heavy atom. The van der Waals surface area contributed by atoms with Gasteiger partial charge in [0.25, 0.3) is 5.91 Å². The summed E-state index contributed by atoms with van der Waals surface area (Å²) in [6.45, 7) is 5.15. The Morgan fingerprint density at radius 3 is 2.65 bits per heavy atom. The second-order valence-corrected chi connectivity index (χ2v) is 5.29. The zero-order valence-corrected chi connectivity index (χ0v) is 11.8. The van der Waals surface area contributed by atoms with Gasteiger partial charge < -0.3 is 10.1 Å². The quantitative estimate of drug-likeness (QED) is 0.679. The van der Waals surface area contributed by atoms with Crippen molar-refractivity contribution < 1.29 is 18.7 Å². The van der Waals surface area contributed by atoms with E-state index in [9.17, 15) is 14.0 Å². The van der Waals surface area contributed by atoms with Crippen molar-refractivity contribution >= 4 is 18.0 Å². The molecular formula is C15H18FNO3. The van der Waals surface area contributed by atoms with Gasteiger partial charge in [0.2, 0.25) is 0 Å². The van der Waals surface area contributed by atoms with Crippen LogP contribution in [-0.2, 0) is 14.3 Å². The molecular weight excluding hydrogens is 261 g/mol. The minimum absolute atomic E-state index is 0.344. The molecule has 0 heterocycles. The van der Waals surface area contributed by atoms with Crippen LogP contribution in [0.1, 0.15) is 26.3 Å². The Morgan fingerprint density at radius 2 is 2.05 bits per heavy atom. The largest absolute Gasteiger partial charge is 0.452 e. The molecule has 1 rings (SSSR count). The first-order chi connectivity index (χ1) is 9.26. The number of carbonyl (C=O) groups is 2. The smallest absolute Gasteiger partial charge is 0.331 e. The van der Waals surface area contributed by atoms with Gasteiger partial charge in [-0.1, -0.05) is 12.1 Å². The fraction of sp³-hybridized carbons (Fsp3) is 0.333. The highest BCUT2D eigenvalue weighted by Gasteiger charge is 2.14. The Balaban J connectivity index is 2.42. The van der Waals surface area contributed by atoms with Crippen molar-refractivity contribution in [2.75, 3.05) is 6.61 Å². The first-order valence-electron chi connectivity index (χ1n) is 6.18. The van der Waals surface area contributed by atoms with Gasteiger partial charge in [0.05, 0.1) is 0 Å². The standard InChI is InChI=1S/C15H18FNO3/c1-15(2,3)17-13(18)10-20-14(19)8-7-11-5-4-6-12(16)9-11/h4-9H,10H2,1-3H3,(H,17,18)/b8-7+. The summed E-state index contributed by atoms with van der Waals surface area (Å²) in [6, 6.07) is 5.79. The average Bonchev–Trinajstić information content (AvgIpc) is 2.32. The minimum atomic E-state index is -0.654. The van der Waals surface area contributed by atoms with Crippen LogP contribution in [0.5, 0.6) is 0 Å². The third-order valence-corrected chi connectivity index (χ3v) is 2.12. The number of carbonyl (C=O) groups excluding carboxylic acids is 2. The van der Waals surface area contributed by atoms with Gasteiger partial charge in [0, 0.05) is 11.6 Å². The van der Waals surface area contributed by atoms with Crippen LogP contribution in [0.3, 0.4) is 0 Å². The summed E-state index contributed by atoms with van der Waals surface area (Å²) in [4.78, 5) is 22.8. The van der Waals surface area contributed by atoms with Crippen molar-refractivity contribution in [3.05, 3.63) is 41.7 Å². The van der Waals surface area contributed by atoms with Gasteiger partial charge >= 0.3 is 5.97 Å². The normalized spacial score (nSPS) is 11.4. The summed E-state index contributed by atoms with van der Waals surface area (Å²) in [7, 11) is 0. The second-order valence-electron chi connectivity index (χ2n) is 5.29. The summed E-state index contributed by atoms with van der Waals surface area (Å²) in [5.74, 6) is -1.41. The van der Waals surface area contributed by atoms with E-state index in [0.717, 1.165) is 6.08 Å². The molecule has 0 aromatic heterocycles. The molecule has 4 nitrogen and oxygen atoms in total. The van der Waals surface area contributed by atoms with Crippen molar-refractivity contribution in [1.29, 1.82) is 0 Å². The van der Waals surface area contributed by atoms with Crippen molar-refractivity contribution in [2.24, 2.45) is 0 Å². The van der Waals surface area contributed by atoms with Gasteiger partial charge in [-0.05, 0) is 44.5 Å². The van der Waals surface area contributed by atoms with Crippen LogP contribution in [0.15, 0.2) is 30.3 Å². The first kappa shape index (κ1) is 15.9. The molecule has 1 N–H and O–H groups in total. The zero-order valence-electron chi connectivity index (χ0n) is 11.8. The lowest BCUT2D eigenvalue weighted by molar-refractivity contribution is -0.144. The highest BCUT2D eigenvalue weighted by molar-refractivity contribution is 5.89. The van der Waals surface area contributed by atoms with Crippen LogP contribution in [-0.4, -0.2) is 24.0 Å². The summed E-state index contributed by atoms with van der Waals surface area (Å²) in [6.07, 6.45) is 2.58. The molecule has 0 aliphatic carbocycles. The molecule has 1 aromatic carbocycles. The van der Waals surface area contributed by atoms with Crippen molar-refractivity contribution in [3.8, 4) is 0 Å². The van der Waals surface area contributed by atoms with Gasteiger partial charge in [-0.15, -0.1) is 0 Å². The molecule has 108 valence electrons. The van der Waals surface area contributed by atoms with E-state index >= 15 is 0 Å². The van der Waals surface area contributed by atoms with Gasteiger partial charge in [0.15, 0.2) is 6.61 Å². The zero-order chi connectivity index (χ0) is 15.2. The first-order valence-corrected chi connectivity index (χ1v) is 6.18. The van der Waals surface area contributed by atoms with Crippen LogP contribution in [0, 0.1) is 5.82 Å². The molecule has 0 bridgehead atoms. The number of hydrogen-bond donors (Lipinski definition) is 1. The second kappa shape index (κ2) is 6.84. The fourth-order valence-electron chi connectivity index (χ4n) is 1.41. The molecule has 0 aliphatic rings. The number of halogens is 1. The average molecular weight is 279 g/mol. The number of hydrogen-bond acceptors (Lipinski definition) is 3. The van der Waals surface area contributed by atoms with Crippen LogP contribution in [0.2, 0.25) is 0 Å². The molecule has 0 fully saturated rings. The van der Waals surface area contributed by atoms with Gasteiger partial charge in [-0.3, -0.25) is 4.79 Å². The van der Waals surface area contributed by atoms with Crippen LogP contribution < -0.4 is 5.32 Å². The Labute approximate surface area is 117 Å². The monoisotopic (exact) mass is 279 g/mol. The number of ether oxygens (including phenoxy) is 1. The SMILES string of the molecule is CC(C)(C)NC(=O)COC(=O)/C=C/c1cccc(F)c1. The van der Waals surface area contributed by atoms with Gasteiger partial charge in [-0.2, -0.15) is 0 Å². The van der Waals surface area contributed by atoms with Crippen LogP contribution in [0.4, 0.5) is 4.39 Å². The number of nitrogens with one attached hydrogen (secondary N) is 1. The molecule has 5 heteroatoms. The lowest BCUT2D eigenvalue weighted by Crippen LogP contribution is -2.42. The summed E-state index contributed by atoms with van der Waals surface area (Å²) in [5, 5.41) is 2.67. The van der Waals surface area contributed by atoms with E-state index in [0.29, 0.717) is 5.56 Å². The molecule has 0 atom stereocenters. The van der Waals surface area contributed by atoms with Crippen LogP contribution in [0.25, 0.3) is 6.08 Å². The summed E-state index contributed by atoms with van der Waals surface area (Å²) >= 11 is 0. The fourth-order valence-corrected chi connectivity index (χ4v) is 1.41. The third kappa shape index (κ3) is 6.68. The van der Waals surface area contributed by atoms with Gasteiger partial charge in [-0.25, -0.2) is 9.18 Å². The van der Waals surface area contributed by atoms with Gasteiger partial charge in [0.1, 0.15) is 5.82 Å². The maximum absolute atomic E-state index is 12.9. The topological polar surface area (TPSA) is 55.4 Å². The predicted molar refractivity (Wildman–Crippen MR) is 74.3 cm³/mol. The van der Waals surface area contributed by atoms with Crippen molar-refractivity contribution in [1.82, 2.24) is 5.32 Å². The number of amides is 1. The van der Waals surface area contributed by atoms with Crippen LogP contribution >= 0.6 is 0 Å². The van der Waals surface area contributed by atoms with E-state index in [4.69, 9.17) is 4.74 Å². The molecule has 20 heavy (non-hydrogen) atoms. The van der Waals surface area contributed by atoms with E-state index in [1.54, 1.807) is 6.07 Å². The maximum atomic E-state index is 12.9. The maximum Gasteiger partial charge on any atom is 0.331 e. The van der Waals surface area contributed by atoms with E-state index in [1.807, 2.05) is 20.8 Å². The van der Waals surface area contributed by atoms with E-state index in [1.165, 1.54) is 24.3 Å². The summed E-state index contributed by atoms with van der Waals surface area (Å²) < 4.78 is 17.7. The Kier molecular flexibility index (Phi) is 5.43. The summed E-state index contributed by atoms with van der Waals surface area (Å²) in [5.41, 5.74) is 0.169. The number of esters is 1.